The third-order valence-electron chi connectivity index (χ3n) is 6.17. The van der Waals surface area contributed by atoms with Gasteiger partial charge in [0, 0.05) is 24.9 Å². The molecule has 1 aromatic carbocycles. The lowest BCUT2D eigenvalue weighted by atomic mass is 10.00. The molecule has 2 aliphatic heterocycles. The van der Waals surface area contributed by atoms with Gasteiger partial charge >= 0.3 is 6.18 Å². The van der Waals surface area contributed by atoms with Crippen molar-refractivity contribution >= 4 is 17.5 Å². The number of alkyl halides is 3. The molecule has 2 aromatic heterocycles. The predicted molar refractivity (Wildman–Crippen MR) is 117 cm³/mol. The van der Waals surface area contributed by atoms with Crippen LogP contribution in [0.5, 0.6) is 0 Å². The molecule has 1 amide bonds. The molecule has 1 atom stereocenters. The number of carbonyl (C=O) groups is 1. The van der Waals surface area contributed by atoms with Gasteiger partial charge in [0.2, 0.25) is 0 Å². The summed E-state index contributed by atoms with van der Waals surface area (Å²) in [6.45, 7) is 1.12. The van der Waals surface area contributed by atoms with Crippen LogP contribution >= 0.6 is 11.6 Å². The van der Waals surface area contributed by atoms with E-state index in [1.54, 1.807) is 6.20 Å². The highest BCUT2D eigenvalue weighted by Crippen LogP contribution is 2.37. The van der Waals surface area contributed by atoms with E-state index in [0.717, 1.165) is 42.3 Å². The number of hydrogen-bond acceptors (Lipinski definition) is 5. The molecule has 0 saturated carbocycles. The summed E-state index contributed by atoms with van der Waals surface area (Å²) in [5, 5.41) is 3.85. The van der Waals surface area contributed by atoms with Crippen LogP contribution in [0.15, 0.2) is 36.8 Å². The van der Waals surface area contributed by atoms with Crippen LogP contribution in [0.1, 0.15) is 52.7 Å². The van der Waals surface area contributed by atoms with Crippen LogP contribution in [0.2, 0.25) is 5.02 Å². The minimum Gasteiger partial charge on any atom is -0.356 e. The Bertz CT molecular complexity index is 1220. The van der Waals surface area contributed by atoms with Crippen molar-refractivity contribution in [1.82, 2.24) is 24.6 Å². The van der Waals surface area contributed by atoms with E-state index in [4.69, 9.17) is 16.3 Å². The molecule has 4 heterocycles. The van der Waals surface area contributed by atoms with Gasteiger partial charge in [0.1, 0.15) is 6.33 Å². The molecular formula is C23H21ClF3N5O2. The third kappa shape index (κ3) is 4.16. The first kappa shape index (κ1) is 22.8. The Morgan fingerprint density at radius 2 is 2.03 bits per heavy atom. The maximum atomic E-state index is 13.2. The molecule has 0 aliphatic carbocycles. The minimum atomic E-state index is -4.64. The lowest BCUT2D eigenvalue weighted by Gasteiger charge is -2.30. The summed E-state index contributed by atoms with van der Waals surface area (Å²) in [5.74, 6) is -0.567. The average molecular weight is 492 g/mol. The van der Waals surface area contributed by atoms with Crippen molar-refractivity contribution in [3.8, 4) is 11.4 Å². The molecule has 1 fully saturated rings. The number of fused-ring (bicyclic) bond motifs is 1. The number of aromatic nitrogens is 4. The van der Waals surface area contributed by atoms with Crippen molar-refractivity contribution < 1.29 is 22.7 Å². The Kier molecular flexibility index (Phi) is 6.03. The lowest BCUT2D eigenvalue weighted by molar-refractivity contribution is -0.137. The summed E-state index contributed by atoms with van der Waals surface area (Å²) in [6, 6.07) is 5.24. The quantitative estimate of drug-likeness (QED) is 0.520. The lowest BCUT2D eigenvalue weighted by Crippen LogP contribution is -2.37. The van der Waals surface area contributed by atoms with Gasteiger partial charge in [-0.2, -0.15) is 18.3 Å². The largest absolute Gasteiger partial charge is 0.417 e. The second-order valence-electron chi connectivity index (χ2n) is 8.27. The van der Waals surface area contributed by atoms with E-state index in [0.29, 0.717) is 25.3 Å². The second kappa shape index (κ2) is 8.99. The van der Waals surface area contributed by atoms with Crippen molar-refractivity contribution in [2.24, 2.45) is 0 Å². The zero-order chi connectivity index (χ0) is 23.9. The van der Waals surface area contributed by atoms with Crippen LogP contribution in [-0.2, 0) is 23.9 Å². The van der Waals surface area contributed by atoms with Crippen molar-refractivity contribution in [2.75, 3.05) is 13.2 Å². The monoisotopic (exact) mass is 491 g/mol. The van der Waals surface area contributed by atoms with Gasteiger partial charge in [0.25, 0.3) is 5.91 Å². The van der Waals surface area contributed by atoms with E-state index >= 15 is 0 Å². The van der Waals surface area contributed by atoms with Gasteiger partial charge in [0.15, 0.2) is 6.23 Å². The van der Waals surface area contributed by atoms with Gasteiger partial charge in [-0.05, 0) is 43.9 Å². The molecular weight excluding hydrogens is 471 g/mol. The molecule has 0 bridgehead atoms. The maximum absolute atomic E-state index is 13.2. The highest BCUT2D eigenvalue weighted by Gasteiger charge is 2.36. The van der Waals surface area contributed by atoms with Gasteiger partial charge in [-0.3, -0.25) is 4.79 Å². The van der Waals surface area contributed by atoms with Crippen LogP contribution in [0.4, 0.5) is 13.2 Å². The fraction of sp³-hybridized carbons (Fsp3) is 0.391. The molecule has 34 heavy (non-hydrogen) atoms. The number of benzene rings is 1. The van der Waals surface area contributed by atoms with E-state index < -0.39 is 22.7 Å². The van der Waals surface area contributed by atoms with Crippen LogP contribution in [-0.4, -0.2) is 43.7 Å². The number of amides is 1. The van der Waals surface area contributed by atoms with E-state index in [-0.39, 0.29) is 18.3 Å². The van der Waals surface area contributed by atoms with Crippen LogP contribution in [0.3, 0.4) is 0 Å². The van der Waals surface area contributed by atoms with E-state index in [2.05, 4.69) is 15.1 Å². The molecule has 0 radical (unpaired) electrons. The fourth-order valence-corrected chi connectivity index (χ4v) is 4.80. The average Bonchev–Trinajstić information content (AvgIpc) is 3.32. The van der Waals surface area contributed by atoms with Gasteiger partial charge < -0.3 is 9.64 Å². The first-order valence-electron chi connectivity index (χ1n) is 11.0. The van der Waals surface area contributed by atoms with E-state index in [1.165, 1.54) is 23.4 Å². The number of ether oxygens (including phenoxy) is 1. The Labute approximate surface area is 198 Å². The maximum Gasteiger partial charge on any atom is 0.417 e. The molecule has 7 nitrogen and oxygen atoms in total. The summed E-state index contributed by atoms with van der Waals surface area (Å²) >= 11 is 5.98. The minimum absolute atomic E-state index is 0.143. The molecule has 5 rings (SSSR count). The van der Waals surface area contributed by atoms with Crippen molar-refractivity contribution in [3.05, 3.63) is 64.2 Å². The fourth-order valence-electron chi connectivity index (χ4n) is 4.48. The van der Waals surface area contributed by atoms with Crippen LogP contribution in [0.25, 0.3) is 11.4 Å². The summed E-state index contributed by atoms with van der Waals surface area (Å²) in [7, 11) is 0. The van der Waals surface area contributed by atoms with E-state index in [1.807, 2.05) is 10.7 Å². The highest BCUT2D eigenvalue weighted by molar-refractivity contribution is 6.34. The molecule has 0 N–H and O–H groups in total. The molecule has 1 unspecified atom stereocenters. The topological polar surface area (TPSA) is 73.1 Å². The zero-order valence-corrected chi connectivity index (χ0v) is 18.8. The number of nitrogens with zero attached hydrogens (tertiary/aromatic N) is 5. The third-order valence-corrected chi connectivity index (χ3v) is 6.58. The molecule has 11 heteroatoms. The van der Waals surface area contributed by atoms with Crippen LogP contribution in [0, 0.1) is 0 Å². The molecule has 178 valence electrons. The van der Waals surface area contributed by atoms with Gasteiger partial charge in [-0.25, -0.2) is 14.6 Å². The van der Waals surface area contributed by atoms with Gasteiger partial charge in [-0.1, -0.05) is 17.7 Å². The Morgan fingerprint density at radius 1 is 1.18 bits per heavy atom. The first-order chi connectivity index (χ1) is 16.3. The molecule has 1 saturated heterocycles. The smallest absolute Gasteiger partial charge is 0.356 e. The van der Waals surface area contributed by atoms with Crippen molar-refractivity contribution in [3.63, 3.8) is 0 Å². The van der Waals surface area contributed by atoms with Crippen molar-refractivity contribution in [2.45, 2.75) is 44.6 Å². The normalized spacial score (nSPS) is 18.6. The van der Waals surface area contributed by atoms with E-state index in [9.17, 15) is 18.0 Å². The first-order valence-corrected chi connectivity index (χ1v) is 11.4. The summed E-state index contributed by atoms with van der Waals surface area (Å²) in [6.07, 6.45) is 1.72. The summed E-state index contributed by atoms with van der Waals surface area (Å²) in [5.41, 5.74) is 1.86. The Balaban J connectivity index is 1.43. The number of hydrogen-bond donors (Lipinski definition) is 0. The van der Waals surface area contributed by atoms with Crippen LogP contribution < -0.4 is 0 Å². The van der Waals surface area contributed by atoms with Crippen molar-refractivity contribution in [1.29, 1.82) is 0 Å². The Morgan fingerprint density at radius 3 is 2.79 bits per heavy atom. The van der Waals surface area contributed by atoms with Gasteiger partial charge in [0.05, 0.1) is 39.8 Å². The standard InChI is InChI=1S/C23H21ClF3N5O2/c24-20-15(4-3-5-16(20)23(25,26)27)22(33)31-10-8-14-17(12-31)28-13-29-21(14)18-7-9-30-32(18)19-6-1-2-11-34-19/h3-5,7,9,13,19H,1-2,6,8,10-12H2. The zero-order valence-electron chi connectivity index (χ0n) is 18.1. The van der Waals surface area contributed by atoms with Gasteiger partial charge in [-0.15, -0.1) is 0 Å². The highest BCUT2D eigenvalue weighted by atomic mass is 35.5. The molecule has 0 spiro atoms. The number of rotatable bonds is 3. The number of carbonyl (C=O) groups excluding carboxylic acids is 1. The molecule has 2 aliphatic rings. The summed E-state index contributed by atoms with van der Waals surface area (Å²) in [4.78, 5) is 23.4. The SMILES string of the molecule is O=C(c1cccc(C(F)(F)F)c1Cl)N1CCc2c(ncnc2-c2ccnn2C2CCCCO2)C1. The summed E-state index contributed by atoms with van der Waals surface area (Å²) < 4.78 is 47.4. The predicted octanol–water partition coefficient (Wildman–Crippen LogP) is 4.91. The second-order valence-corrected chi connectivity index (χ2v) is 8.65. The number of halogens is 4. The Hall–Kier alpha value is -2.98. The molecule has 3 aromatic rings.